The van der Waals surface area contributed by atoms with E-state index in [4.69, 9.17) is 10.00 Å². The van der Waals surface area contributed by atoms with Gasteiger partial charge >= 0.3 is 0 Å². The summed E-state index contributed by atoms with van der Waals surface area (Å²) in [6.45, 7) is 6.25. The molecule has 0 bridgehead atoms. The van der Waals surface area contributed by atoms with Crippen LogP contribution in [-0.4, -0.2) is 13.2 Å². The van der Waals surface area contributed by atoms with Crippen LogP contribution in [-0.2, 0) is 6.54 Å². The molecule has 0 spiro atoms. The van der Waals surface area contributed by atoms with E-state index in [9.17, 15) is 0 Å². The van der Waals surface area contributed by atoms with Crippen LogP contribution in [0.2, 0.25) is 0 Å². The second-order valence-corrected chi connectivity index (χ2v) is 4.16. The van der Waals surface area contributed by atoms with Gasteiger partial charge in [0.1, 0.15) is 5.75 Å². The highest BCUT2D eigenvalue weighted by molar-refractivity contribution is 5.28. The van der Waals surface area contributed by atoms with E-state index in [0.29, 0.717) is 0 Å². The van der Waals surface area contributed by atoms with Gasteiger partial charge in [-0.05, 0) is 31.0 Å². The number of benzene rings is 1. The minimum absolute atomic E-state index is 0.0505. The Kier molecular flexibility index (Phi) is 6.13. The molecule has 17 heavy (non-hydrogen) atoms. The van der Waals surface area contributed by atoms with Gasteiger partial charge in [-0.25, -0.2) is 0 Å². The third-order valence-corrected chi connectivity index (χ3v) is 2.37. The van der Waals surface area contributed by atoms with E-state index in [0.717, 1.165) is 31.9 Å². The quantitative estimate of drug-likeness (QED) is 0.786. The third kappa shape index (κ3) is 5.37. The summed E-state index contributed by atoms with van der Waals surface area (Å²) in [6.07, 6.45) is 1.02. The molecule has 1 N–H and O–H groups in total. The van der Waals surface area contributed by atoms with Crippen molar-refractivity contribution < 1.29 is 4.74 Å². The summed E-state index contributed by atoms with van der Waals surface area (Å²) in [5.41, 5.74) is 1.18. The summed E-state index contributed by atoms with van der Waals surface area (Å²) >= 11 is 0. The Morgan fingerprint density at radius 3 is 3.00 bits per heavy atom. The minimum atomic E-state index is 0.0505. The van der Waals surface area contributed by atoms with Crippen molar-refractivity contribution in [2.24, 2.45) is 5.92 Å². The highest BCUT2D eigenvalue weighted by Crippen LogP contribution is 2.13. The Bertz CT molecular complexity index is 371. The van der Waals surface area contributed by atoms with E-state index >= 15 is 0 Å². The summed E-state index contributed by atoms with van der Waals surface area (Å²) < 4.78 is 5.56. The van der Waals surface area contributed by atoms with Crippen molar-refractivity contribution in [2.45, 2.75) is 26.8 Å². The second kappa shape index (κ2) is 7.70. The average molecular weight is 232 g/mol. The van der Waals surface area contributed by atoms with Gasteiger partial charge in [0.25, 0.3) is 0 Å². The van der Waals surface area contributed by atoms with Crippen LogP contribution in [0.1, 0.15) is 25.8 Å². The molecule has 1 rings (SSSR count). The summed E-state index contributed by atoms with van der Waals surface area (Å²) in [4.78, 5) is 0. The van der Waals surface area contributed by atoms with Crippen molar-refractivity contribution in [1.29, 1.82) is 5.26 Å². The normalized spacial score (nSPS) is 11.8. The lowest BCUT2D eigenvalue weighted by molar-refractivity contribution is 0.317. The molecule has 0 aromatic heterocycles. The van der Waals surface area contributed by atoms with Gasteiger partial charge in [0, 0.05) is 13.1 Å². The van der Waals surface area contributed by atoms with Crippen molar-refractivity contribution in [3.8, 4) is 11.8 Å². The van der Waals surface area contributed by atoms with Crippen molar-refractivity contribution >= 4 is 0 Å². The van der Waals surface area contributed by atoms with Crippen LogP contribution < -0.4 is 10.1 Å². The van der Waals surface area contributed by atoms with Crippen molar-refractivity contribution in [3.63, 3.8) is 0 Å². The molecule has 1 aromatic carbocycles. The molecule has 0 amide bonds. The Morgan fingerprint density at radius 1 is 1.47 bits per heavy atom. The number of nitrogens with zero attached hydrogens (tertiary/aromatic N) is 1. The van der Waals surface area contributed by atoms with E-state index < -0.39 is 0 Å². The molecular weight excluding hydrogens is 212 g/mol. The van der Waals surface area contributed by atoms with E-state index in [-0.39, 0.29) is 5.92 Å². The highest BCUT2D eigenvalue weighted by atomic mass is 16.5. The van der Waals surface area contributed by atoms with Crippen LogP contribution in [0.3, 0.4) is 0 Å². The molecule has 0 heterocycles. The van der Waals surface area contributed by atoms with Crippen molar-refractivity contribution in [2.75, 3.05) is 13.2 Å². The zero-order valence-corrected chi connectivity index (χ0v) is 10.6. The number of nitriles is 1. The first kappa shape index (κ1) is 13.5. The van der Waals surface area contributed by atoms with Gasteiger partial charge in [0.05, 0.1) is 18.6 Å². The largest absolute Gasteiger partial charge is 0.494 e. The Morgan fingerprint density at radius 2 is 2.29 bits per heavy atom. The average Bonchev–Trinajstić information content (AvgIpc) is 2.36. The molecule has 92 valence electrons. The lowest BCUT2D eigenvalue weighted by Gasteiger charge is -2.08. The molecule has 1 unspecified atom stereocenters. The molecule has 3 nitrogen and oxygen atoms in total. The maximum absolute atomic E-state index is 8.66. The summed E-state index contributed by atoms with van der Waals surface area (Å²) in [5, 5.41) is 11.9. The number of nitrogens with one attached hydrogen (secondary N) is 1. The van der Waals surface area contributed by atoms with Gasteiger partial charge < -0.3 is 10.1 Å². The molecule has 0 saturated heterocycles. The summed E-state index contributed by atoms with van der Waals surface area (Å²) in [6, 6.07) is 10.3. The van der Waals surface area contributed by atoms with E-state index in [1.807, 2.05) is 25.1 Å². The van der Waals surface area contributed by atoms with E-state index in [2.05, 4.69) is 24.4 Å². The first-order valence-electron chi connectivity index (χ1n) is 6.08. The third-order valence-electron chi connectivity index (χ3n) is 2.37. The van der Waals surface area contributed by atoms with E-state index in [1.165, 1.54) is 5.56 Å². The molecule has 0 aliphatic heterocycles. The van der Waals surface area contributed by atoms with Crippen LogP contribution in [0.5, 0.6) is 5.75 Å². The van der Waals surface area contributed by atoms with Gasteiger partial charge in [-0.3, -0.25) is 0 Å². The Labute approximate surface area is 103 Å². The SMILES string of the molecule is CCCOc1cccc(CNCC(C)C#N)c1. The van der Waals surface area contributed by atoms with Gasteiger partial charge in [-0.2, -0.15) is 5.26 Å². The minimum Gasteiger partial charge on any atom is -0.494 e. The molecule has 0 aliphatic rings. The van der Waals surface area contributed by atoms with E-state index in [1.54, 1.807) is 0 Å². The molecular formula is C14H20N2O. The highest BCUT2D eigenvalue weighted by Gasteiger charge is 2.00. The first-order valence-corrected chi connectivity index (χ1v) is 6.08. The van der Waals surface area contributed by atoms with Gasteiger partial charge in [0.2, 0.25) is 0 Å². The molecule has 1 atom stereocenters. The van der Waals surface area contributed by atoms with Crippen LogP contribution >= 0.6 is 0 Å². The maximum Gasteiger partial charge on any atom is 0.119 e. The fraction of sp³-hybridized carbons (Fsp3) is 0.500. The lowest BCUT2D eigenvalue weighted by Crippen LogP contribution is -2.19. The summed E-state index contributed by atoms with van der Waals surface area (Å²) in [7, 11) is 0. The van der Waals surface area contributed by atoms with Gasteiger partial charge in [0.15, 0.2) is 0 Å². The number of hydrogen-bond donors (Lipinski definition) is 1. The standard InChI is InChI=1S/C14H20N2O/c1-3-7-17-14-6-4-5-13(8-14)11-16-10-12(2)9-15/h4-6,8,12,16H,3,7,10-11H2,1-2H3. The molecule has 1 aromatic rings. The molecule has 0 fully saturated rings. The molecule has 0 saturated carbocycles. The fourth-order valence-electron chi connectivity index (χ4n) is 1.44. The lowest BCUT2D eigenvalue weighted by atomic mass is 10.2. The fourth-order valence-corrected chi connectivity index (χ4v) is 1.44. The smallest absolute Gasteiger partial charge is 0.119 e. The second-order valence-electron chi connectivity index (χ2n) is 4.16. The Balaban J connectivity index is 2.40. The summed E-state index contributed by atoms with van der Waals surface area (Å²) in [5.74, 6) is 0.967. The number of ether oxygens (including phenoxy) is 1. The van der Waals surface area contributed by atoms with Crippen LogP contribution in [0.4, 0.5) is 0 Å². The predicted molar refractivity (Wildman–Crippen MR) is 68.7 cm³/mol. The predicted octanol–water partition coefficient (Wildman–Crippen LogP) is 2.72. The van der Waals surface area contributed by atoms with Gasteiger partial charge in [-0.1, -0.05) is 19.1 Å². The molecule has 3 heteroatoms. The van der Waals surface area contributed by atoms with Gasteiger partial charge in [-0.15, -0.1) is 0 Å². The first-order chi connectivity index (χ1) is 8.26. The van der Waals surface area contributed by atoms with Crippen LogP contribution in [0.25, 0.3) is 0 Å². The molecule has 0 radical (unpaired) electrons. The molecule has 0 aliphatic carbocycles. The number of hydrogen-bond acceptors (Lipinski definition) is 3. The number of rotatable bonds is 7. The Hall–Kier alpha value is -1.53. The monoisotopic (exact) mass is 232 g/mol. The van der Waals surface area contributed by atoms with Crippen molar-refractivity contribution in [3.05, 3.63) is 29.8 Å². The zero-order valence-electron chi connectivity index (χ0n) is 10.6. The van der Waals surface area contributed by atoms with Crippen LogP contribution in [0, 0.1) is 17.2 Å². The van der Waals surface area contributed by atoms with Crippen molar-refractivity contribution in [1.82, 2.24) is 5.32 Å². The topological polar surface area (TPSA) is 45.0 Å². The van der Waals surface area contributed by atoms with Crippen LogP contribution in [0.15, 0.2) is 24.3 Å². The zero-order chi connectivity index (χ0) is 12.5. The maximum atomic E-state index is 8.66.